The van der Waals surface area contributed by atoms with E-state index in [2.05, 4.69) is 5.10 Å². The van der Waals surface area contributed by atoms with Crippen LogP contribution in [0.3, 0.4) is 0 Å². The summed E-state index contributed by atoms with van der Waals surface area (Å²) in [7, 11) is 0.571. The van der Waals surface area contributed by atoms with Gasteiger partial charge in [-0.05, 0) is 17.6 Å². The van der Waals surface area contributed by atoms with Gasteiger partial charge >= 0.3 is 19.1 Å². The SMILES string of the molecule is COC(=O)c1c(-c2ccccc2B(O)O)nn(-c2ccccc2)c1C(=O)OC. The van der Waals surface area contributed by atoms with Crippen molar-refractivity contribution in [1.82, 2.24) is 9.78 Å². The minimum absolute atomic E-state index is 0.0693. The topological polar surface area (TPSA) is 111 Å². The summed E-state index contributed by atoms with van der Waals surface area (Å²) in [5.41, 5.74) is 0.727. The van der Waals surface area contributed by atoms with Gasteiger partial charge in [-0.2, -0.15) is 5.10 Å². The van der Waals surface area contributed by atoms with Gasteiger partial charge in [-0.3, -0.25) is 0 Å². The quantitative estimate of drug-likeness (QED) is 0.497. The summed E-state index contributed by atoms with van der Waals surface area (Å²) in [6.07, 6.45) is 0. The minimum Gasteiger partial charge on any atom is -0.465 e. The number of para-hydroxylation sites is 1. The van der Waals surface area contributed by atoms with Gasteiger partial charge in [0.1, 0.15) is 11.3 Å². The van der Waals surface area contributed by atoms with Gasteiger partial charge in [-0.15, -0.1) is 0 Å². The number of rotatable bonds is 5. The van der Waals surface area contributed by atoms with Gasteiger partial charge in [0.15, 0.2) is 5.69 Å². The van der Waals surface area contributed by atoms with E-state index in [1.165, 1.54) is 25.0 Å². The molecule has 142 valence electrons. The van der Waals surface area contributed by atoms with Gasteiger partial charge in [0.2, 0.25) is 0 Å². The van der Waals surface area contributed by atoms with E-state index < -0.39 is 19.1 Å². The molecule has 2 aromatic carbocycles. The van der Waals surface area contributed by atoms with Crippen LogP contribution >= 0.6 is 0 Å². The third kappa shape index (κ3) is 3.40. The third-order valence-electron chi connectivity index (χ3n) is 4.15. The number of hydrogen-bond donors (Lipinski definition) is 2. The molecule has 0 saturated carbocycles. The Hall–Kier alpha value is -3.43. The molecular weight excluding hydrogens is 363 g/mol. The maximum absolute atomic E-state index is 12.6. The number of aromatic nitrogens is 2. The number of ether oxygens (including phenoxy) is 2. The molecule has 0 amide bonds. The maximum Gasteiger partial charge on any atom is 0.489 e. The van der Waals surface area contributed by atoms with Crippen molar-refractivity contribution in [3.8, 4) is 16.9 Å². The van der Waals surface area contributed by atoms with Crippen molar-refractivity contribution < 1.29 is 29.1 Å². The molecule has 0 spiro atoms. The summed E-state index contributed by atoms with van der Waals surface area (Å²) in [6.45, 7) is 0. The van der Waals surface area contributed by atoms with Crippen LogP contribution in [0.25, 0.3) is 16.9 Å². The Kier molecular flexibility index (Phi) is 5.58. The highest BCUT2D eigenvalue weighted by Gasteiger charge is 2.33. The van der Waals surface area contributed by atoms with E-state index in [4.69, 9.17) is 9.47 Å². The summed E-state index contributed by atoms with van der Waals surface area (Å²) in [5.74, 6) is -1.59. The molecule has 8 nitrogen and oxygen atoms in total. The van der Waals surface area contributed by atoms with Crippen LogP contribution in [0.1, 0.15) is 20.8 Å². The number of hydrogen-bond acceptors (Lipinski definition) is 7. The van der Waals surface area contributed by atoms with Crippen molar-refractivity contribution in [3.63, 3.8) is 0 Å². The molecule has 0 saturated heterocycles. The number of benzene rings is 2. The molecule has 1 heterocycles. The van der Waals surface area contributed by atoms with Crippen molar-refractivity contribution in [2.75, 3.05) is 14.2 Å². The van der Waals surface area contributed by atoms with E-state index >= 15 is 0 Å². The van der Waals surface area contributed by atoms with Gasteiger partial charge in [0.25, 0.3) is 0 Å². The highest BCUT2D eigenvalue weighted by Crippen LogP contribution is 2.28. The Morgan fingerprint density at radius 2 is 1.54 bits per heavy atom. The van der Waals surface area contributed by atoms with Crippen LogP contribution in [-0.2, 0) is 9.47 Å². The van der Waals surface area contributed by atoms with Gasteiger partial charge in [-0.1, -0.05) is 42.5 Å². The number of methoxy groups -OCH3 is 2. The molecule has 2 N–H and O–H groups in total. The Bertz CT molecular complexity index is 1020. The second-order valence-electron chi connectivity index (χ2n) is 5.76. The van der Waals surface area contributed by atoms with Crippen LogP contribution in [0.2, 0.25) is 0 Å². The largest absolute Gasteiger partial charge is 0.489 e. The number of esters is 2. The fourth-order valence-electron chi connectivity index (χ4n) is 2.88. The lowest BCUT2D eigenvalue weighted by molar-refractivity contribution is 0.0549. The first-order valence-corrected chi connectivity index (χ1v) is 8.30. The van der Waals surface area contributed by atoms with Gasteiger partial charge in [-0.25, -0.2) is 14.3 Å². The zero-order chi connectivity index (χ0) is 20.3. The van der Waals surface area contributed by atoms with Crippen LogP contribution in [0, 0.1) is 0 Å². The van der Waals surface area contributed by atoms with Crippen LogP contribution < -0.4 is 5.46 Å². The Morgan fingerprint density at radius 1 is 0.929 bits per heavy atom. The monoisotopic (exact) mass is 380 g/mol. The summed E-state index contributed by atoms with van der Waals surface area (Å²) in [5, 5.41) is 23.9. The lowest BCUT2D eigenvalue weighted by atomic mass is 9.76. The fraction of sp³-hybridized carbons (Fsp3) is 0.105. The molecule has 28 heavy (non-hydrogen) atoms. The molecule has 0 bridgehead atoms. The summed E-state index contributed by atoms with van der Waals surface area (Å²) < 4.78 is 11.0. The van der Waals surface area contributed by atoms with Crippen LogP contribution in [0.15, 0.2) is 54.6 Å². The zero-order valence-corrected chi connectivity index (χ0v) is 15.2. The first-order valence-electron chi connectivity index (χ1n) is 8.30. The Balaban J connectivity index is 2.40. The summed E-state index contributed by atoms with van der Waals surface area (Å²) in [4.78, 5) is 25.1. The number of carbonyl (C=O) groups excluding carboxylic acids is 2. The first-order chi connectivity index (χ1) is 13.5. The Morgan fingerprint density at radius 3 is 2.14 bits per heavy atom. The predicted octanol–water partition coefficient (Wildman–Crippen LogP) is 0.792. The molecule has 0 aliphatic rings. The van der Waals surface area contributed by atoms with Gasteiger partial charge in [0, 0.05) is 5.56 Å². The number of carbonyl (C=O) groups is 2. The summed E-state index contributed by atoms with van der Waals surface area (Å²) in [6, 6.07) is 15.0. The average molecular weight is 380 g/mol. The molecule has 0 unspecified atom stereocenters. The van der Waals surface area contributed by atoms with E-state index in [-0.39, 0.29) is 28.0 Å². The fourth-order valence-corrected chi connectivity index (χ4v) is 2.88. The smallest absolute Gasteiger partial charge is 0.465 e. The molecule has 0 aliphatic carbocycles. The summed E-state index contributed by atoms with van der Waals surface area (Å²) >= 11 is 0. The molecule has 1 aromatic heterocycles. The highest BCUT2D eigenvalue weighted by molar-refractivity contribution is 6.60. The van der Waals surface area contributed by atoms with Crippen molar-refractivity contribution >= 4 is 24.5 Å². The lowest BCUT2D eigenvalue weighted by Gasteiger charge is -2.08. The van der Waals surface area contributed by atoms with Crippen LogP contribution in [-0.4, -0.2) is 53.1 Å². The zero-order valence-electron chi connectivity index (χ0n) is 15.2. The second kappa shape index (κ2) is 8.07. The van der Waals surface area contributed by atoms with Crippen molar-refractivity contribution in [2.24, 2.45) is 0 Å². The Labute approximate surface area is 161 Å². The van der Waals surface area contributed by atoms with E-state index in [1.54, 1.807) is 48.5 Å². The van der Waals surface area contributed by atoms with Crippen molar-refractivity contribution in [3.05, 3.63) is 65.9 Å². The minimum atomic E-state index is -1.80. The highest BCUT2D eigenvalue weighted by atomic mass is 16.5. The van der Waals surface area contributed by atoms with E-state index in [0.717, 1.165) is 0 Å². The lowest BCUT2D eigenvalue weighted by Crippen LogP contribution is -2.31. The molecule has 3 rings (SSSR count). The molecule has 0 radical (unpaired) electrons. The molecular formula is C19H17BN2O6. The van der Waals surface area contributed by atoms with Gasteiger partial charge in [0.05, 0.1) is 19.9 Å². The maximum atomic E-state index is 12.6. The van der Waals surface area contributed by atoms with Crippen LogP contribution in [0.4, 0.5) is 0 Å². The van der Waals surface area contributed by atoms with Crippen molar-refractivity contribution in [2.45, 2.75) is 0 Å². The molecule has 0 atom stereocenters. The average Bonchev–Trinajstić information content (AvgIpc) is 3.13. The van der Waals surface area contributed by atoms with E-state index in [0.29, 0.717) is 5.69 Å². The second-order valence-corrected chi connectivity index (χ2v) is 5.76. The van der Waals surface area contributed by atoms with E-state index in [1.807, 2.05) is 0 Å². The third-order valence-corrected chi connectivity index (χ3v) is 4.15. The standard InChI is InChI=1S/C19H17BN2O6/c1-27-18(23)15-16(13-10-6-7-11-14(13)20(25)26)21-22(17(15)19(24)28-2)12-8-4-3-5-9-12/h3-11,25-26H,1-2H3. The predicted molar refractivity (Wildman–Crippen MR) is 102 cm³/mol. The van der Waals surface area contributed by atoms with Crippen molar-refractivity contribution in [1.29, 1.82) is 0 Å². The molecule has 0 aliphatic heterocycles. The molecule has 0 fully saturated rings. The normalized spacial score (nSPS) is 10.4. The van der Waals surface area contributed by atoms with Crippen LogP contribution in [0.5, 0.6) is 0 Å². The van der Waals surface area contributed by atoms with E-state index in [9.17, 15) is 19.6 Å². The molecule has 9 heteroatoms. The first kappa shape index (κ1) is 19.3. The molecule has 3 aromatic rings. The number of nitrogens with zero attached hydrogens (tertiary/aromatic N) is 2. The van der Waals surface area contributed by atoms with Gasteiger partial charge < -0.3 is 19.5 Å².